The molecule has 2 rings (SSSR count). The van der Waals surface area contributed by atoms with Crippen LogP contribution in [-0.4, -0.2) is 34.0 Å². The summed E-state index contributed by atoms with van der Waals surface area (Å²) in [5.74, 6) is -1.24. The molecule has 1 atom stereocenters. The van der Waals surface area contributed by atoms with Gasteiger partial charge in [0, 0.05) is 30.3 Å². The van der Waals surface area contributed by atoms with Gasteiger partial charge in [0.1, 0.15) is 11.5 Å². The van der Waals surface area contributed by atoms with Gasteiger partial charge in [0.15, 0.2) is 0 Å². The Morgan fingerprint density at radius 1 is 1.09 bits per heavy atom. The summed E-state index contributed by atoms with van der Waals surface area (Å²) in [6.45, 7) is 1.98. The van der Waals surface area contributed by atoms with Crippen LogP contribution in [0.3, 0.4) is 0 Å². The second-order valence-corrected chi connectivity index (χ2v) is 5.52. The molecule has 120 valence electrons. The van der Waals surface area contributed by atoms with Crippen molar-refractivity contribution in [1.82, 2.24) is 0 Å². The summed E-state index contributed by atoms with van der Waals surface area (Å²) >= 11 is 0. The van der Waals surface area contributed by atoms with Crippen LogP contribution in [-0.2, 0) is 16.0 Å². The molecule has 0 amide bonds. The molecule has 0 radical (unpaired) electrons. The Bertz CT molecular complexity index is 683. The molecule has 0 aromatic heterocycles. The number of aliphatic hydroxyl groups is 1. The van der Waals surface area contributed by atoms with E-state index in [2.05, 4.69) is 4.99 Å². The van der Waals surface area contributed by atoms with Crippen molar-refractivity contribution in [3.8, 4) is 5.75 Å². The molecule has 2 N–H and O–H groups in total. The number of aryl methyl sites for hydroxylation is 1. The molecule has 5 nitrogen and oxygen atoms in total. The second-order valence-electron chi connectivity index (χ2n) is 5.52. The van der Waals surface area contributed by atoms with Crippen LogP contribution in [0.1, 0.15) is 25.3 Å². The van der Waals surface area contributed by atoms with Crippen LogP contribution in [0.15, 0.2) is 52.7 Å². The molecule has 1 aliphatic carbocycles. The van der Waals surface area contributed by atoms with E-state index >= 15 is 0 Å². The smallest absolute Gasteiger partial charge is 0.229 e. The van der Waals surface area contributed by atoms with E-state index < -0.39 is 11.6 Å². The number of carbonyl (C=O) groups is 2. The fourth-order valence-corrected chi connectivity index (χ4v) is 2.20. The topological polar surface area (TPSA) is 87.0 Å². The lowest BCUT2D eigenvalue weighted by Crippen LogP contribution is -2.15. The number of rotatable bonds is 6. The average Bonchev–Trinajstić information content (AvgIpc) is 2.52. The van der Waals surface area contributed by atoms with Gasteiger partial charge in [0.25, 0.3) is 0 Å². The SMILES string of the molecule is CC(CCc1ccc(O)cc1)N=CCC1=CC(=O)C(=O)C=C1O. The lowest BCUT2D eigenvalue weighted by Gasteiger charge is -2.09. The number of hydrogen-bond donors (Lipinski definition) is 2. The first kappa shape index (κ1) is 16.7. The summed E-state index contributed by atoms with van der Waals surface area (Å²) in [6.07, 6.45) is 5.76. The van der Waals surface area contributed by atoms with Crippen LogP contribution in [0.4, 0.5) is 0 Å². The van der Waals surface area contributed by atoms with Crippen LogP contribution < -0.4 is 0 Å². The van der Waals surface area contributed by atoms with Crippen LogP contribution >= 0.6 is 0 Å². The van der Waals surface area contributed by atoms with E-state index in [4.69, 9.17) is 0 Å². The van der Waals surface area contributed by atoms with E-state index in [0.717, 1.165) is 30.6 Å². The molecule has 0 bridgehead atoms. The zero-order valence-corrected chi connectivity index (χ0v) is 12.9. The molecule has 5 heteroatoms. The van der Waals surface area contributed by atoms with Gasteiger partial charge in [0.05, 0.1) is 0 Å². The summed E-state index contributed by atoms with van der Waals surface area (Å²) in [6, 6.07) is 7.17. The average molecular weight is 313 g/mol. The summed E-state index contributed by atoms with van der Waals surface area (Å²) in [5.41, 5.74) is 1.54. The van der Waals surface area contributed by atoms with Crippen molar-refractivity contribution in [2.75, 3.05) is 0 Å². The largest absolute Gasteiger partial charge is 0.508 e. The third kappa shape index (κ3) is 4.92. The number of nitrogens with zero attached hydrogens (tertiary/aromatic N) is 1. The predicted octanol–water partition coefficient (Wildman–Crippen LogP) is 2.69. The highest BCUT2D eigenvalue weighted by Gasteiger charge is 2.18. The molecule has 0 aliphatic heterocycles. The number of allylic oxidation sites excluding steroid dienone is 3. The molecule has 1 aromatic carbocycles. The first-order chi connectivity index (χ1) is 11.0. The normalized spacial score (nSPS) is 16.4. The van der Waals surface area contributed by atoms with Crippen molar-refractivity contribution in [1.29, 1.82) is 0 Å². The Kier molecular flexibility index (Phi) is 5.46. The van der Waals surface area contributed by atoms with Crippen LogP contribution in [0.25, 0.3) is 0 Å². The quantitative estimate of drug-likeness (QED) is 0.480. The Hall–Kier alpha value is -2.69. The third-order valence-electron chi connectivity index (χ3n) is 3.60. The summed E-state index contributed by atoms with van der Waals surface area (Å²) < 4.78 is 0. The molecule has 1 aromatic rings. The highest BCUT2D eigenvalue weighted by Crippen LogP contribution is 2.16. The highest BCUT2D eigenvalue weighted by atomic mass is 16.3. The van der Waals surface area contributed by atoms with Crippen LogP contribution in [0, 0.1) is 0 Å². The van der Waals surface area contributed by atoms with Crippen molar-refractivity contribution in [2.24, 2.45) is 4.99 Å². The number of benzene rings is 1. The Balaban J connectivity index is 1.82. The molecule has 0 saturated carbocycles. The number of hydrogen-bond acceptors (Lipinski definition) is 5. The summed E-state index contributed by atoms with van der Waals surface area (Å²) in [7, 11) is 0. The maximum absolute atomic E-state index is 11.3. The molecule has 23 heavy (non-hydrogen) atoms. The Morgan fingerprint density at radius 3 is 2.43 bits per heavy atom. The van der Waals surface area contributed by atoms with Crippen LogP contribution in [0.5, 0.6) is 5.75 Å². The molecule has 0 spiro atoms. The standard InChI is InChI=1S/C18H19NO4/c1-12(2-3-13-4-6-15(20)7-5-13)19-9-8-14-10-17(22)18(23)11-16(14)21/h4-7,9-12,20-21H,2-3,8H2,1H3. The van der Waals surface area contributed by atoms with Gasteiger partial charge >= 0.3 is 0 Å². The number of carbonyl (C=O) groups excluding carboxylic acids is 2. The fourth-order valence-electron chi connectivity index (χ4n) is 2.20. The van der Waals surface area contributed by atoms with Gasteiger partial charge in [-0.25, -0.2) is 0 Å². The minimum absolute atomic E-state index is 0.0939. The minimum atomic E-state index is -0.703. The van der Waals surface area contributed by atoms with E-state index in [1.807, 2.05) is 19.1 Å². The maximum atomic E-state index is 11.3. The van der Waals surface area contributed by atoms with E-state index in [1.54, 1.807) is 18.3 Å². The van der Waals surface area contributed by atoms with Crippen molar-refractivity contribution in [2.45, 2.75) is 32.2 Å². The fraction of sp³-hybridized carbons (Fsp3) is 0.278. The number of ketones is 2. The van der Waals surface area contributed by atoms with Gasteiger partial charge in [-0.1, -0.05) is 12.1 Å². The number of phenols is 1. The van der Waals surface area contributed by atoms with Gasteiger partial charge < -0.3 is 10.2 Å². The first-order valence-electron chi connectivity index (χ1n) is 7.45. The molecule has 0 heterocycles. The van der Waals surface area contributed by atoms with Gasteiger partial charge in [-0.3, -0.25) is 14.6 Å². The van der Waals surface area contributed by atoms with Crippen LogP contribution in [0.2, 0.25) is 0 Å². The Morgan fingerprint density at radius 2 is 1.74 bits per heavy atom. The minimum Gasteiger partial charge on any atom is -0.508 e. The Labute approximate surface area is 134 Å². The molecule has 1 unspecified atom stereocenters. The van der Waals surface area contributed by atoms with E-state index in [-0.39, 0.29) is 17.6 Å². The molecular formula is C18H19NO4. The highest BCUT2D eigenvalue weighted by molar-refractivity contribution is 6.46. The lowest BCUT2D eigenvalue weighted by molar-refractivity contribution is -0.131. The van der Waals surface area contributed by atoms with Gasteiger partial charge in [0.2, 0.25) is 11.6 Å². The predicted molar refractivity (Wildman–Crippen MR) is 87.8 cm³/mol. The van der Waals surface area contributed by atoms with Gasteiger partial charge in [-0.05, 0) is 43.5 Å². The number of phenolic OH excluding ortho intramolecular Hbond substituents is 1. The van der Waals surface area contributed by atoms with Gasteiger partial charge in [-0.2, -0.15) is 0 Å². The third-order valence-corrected chi connectivity index (χ3v) is 3.60. The zero-order chi connectivity index (χ0) is 16.8. The molecular weight excluding hydrogens is 294 g/mol. The zero-order valence-electron chi connectivity index (χ0n) is 12.9. The number of aliphatic imine (C=N–C) groups is 1. The van der Waals surface area contributed by atoms with Crippen molar-refractivity contribution >= 4 is 17.8 Å². The van der Waals surface area contributed by atoms with E-state index in [1.165, 1.54) is 0 Å². The number of aromatic hydroxyl groups is 1. The van der Waals surface area contributed by atoms with E-state index in [9.17, 15) is 19.8 Å². The monoisotopic (exact) mass is 313 g/mol. The first-order valence-corrected chi connectivity index (χ1v) is 7.45. The van der Waals surface area contributed by atoms with E-state index in [0.29, 0.717) is 12.0 Å². The van der Waals surface area contributed by atoms with Crippen molar-refractivity contribution in [3.05, 3.63) is 53.3 Å². The van der Waals surface area contributed by atoms with Gasteiger partial charge in [-0.15, -0.1) is 0 Å². The molecule has 0 fully saturated rings. The second kappa shape index (κ2) is 7.54. The lowest BCUT2D eigenvalue weighted by atomic mass is 10.0. The summed E-state index contributed by atoms with van der Waals surface area (Å²) in [5, 5.41) is 18.9. The number of aliphatic hydroxyl groups excluding tert-OH is 1. The van der Waals surface area contributed by atoms with Crippen molar-refractivity contribution in [3.63, 3.8) is 0 Å². The maximum Gasteiger partial charge on any atom is 0.229 e. The summed E-state index contributed by atoms with van der Waals surface area (Å²) in [4.78, 5) is 26.8. The molecule has 0 saturated heterocycles. The molecule has 1 aliphatic rings. The van der Waals surface area contributed by atoms with Crippen molar-refractivity contribution < 1.29 is 19.8 Å².